The van der Waals surface area contributed by atoms with E-state index in [9.17, 15) is 0 Å². The number of nitrogens with two attached hydrogens (primary N) is 1. The number of hydrogen-bond donors (Lipinski definition) is 2. The number of aromatic amines is 1. The van der Waals surface area contributed by atoms with Crippen molar-refractivity contribution in [3.8, 4) is 0 Å². The molecule has 1 atom stereocenters. The number of fused-ring (bicyclic) bond motifs is 1. The number of aromatic nitrogens is 2. The molecule has 1 aromatic rings. The smallest absolute Gasteiger partial charge is 0.0672 e. The van der Waals surface area contributed by atoms with Crippen molar-refractivity contribution >= 4 is 0 Å². The first kappa shape index (κ1) is 10.7. The van der Waals surface area contributed by atoms with Crippen LogP contribution in [0.3, 0.4) is 0 Å². The highest BCUT2D eigenvalue weighted by atomic mass is 15.1. The zero-order valence-electron chi connectivity index (χ0n) is 9.93. The SMILES string of the molecule is CC(N)Cc1n[nH]c2c1CC(C)(C)CC2. The molecule has 1 aliphatic carbocycles. The topological polar surface area (TPSA) is 54.7 Å². The van der Waals surface area contributed by atoms with Gasteiger partial charge in [-0.1, -0.05) is 13.8 Å². The van der Waals surface area contributed by atoms with Crippen molar-refractivity contribution < 1.29 is 0 Å². The van der Waals surface area contributed by atoms with Gasteiger partial charge in [0, 0.05) is 18.2 Å². The first-order valence-electron chi connectivity index (χ1n) is 5.78. The van der Waals surface area contributed by atoms with Crippen molar-refractivity contribution in [2.75, 3.05) is 0 Å². The van der Waals surface area contributed by atoms with E-state index in [0.717, 1.165) is 19.3 Å². The molecule has 3 nitrogen and oxygen atoms in total. The first-order chi connectivity index (χ1) is 6.98. The maximum absolute atomic E-state index is 5.83. The molecule has 1 heterocycles. The molecule has 2 rings (SSSR count). The zero-order valence-corrected chi connectivity index (χ0v) is 9.93. The van der Waals surface area contributed by atoms with E-state index in [1.54, 1.807) is 0 Å². The molecule has 0 saturated heterocycles. The molecule has 0 spiro atoms. The van der Waals surface area contributed by atoms with Gasteiger partial charge in [0.2, 0.25) is 0 Å². The summed E-state index contributed by atoms with van der Waals surface area (Å²) in [5.74, 6) is 0. The maximum Gasteiger partial charge on any atom is 0.0672 e. The van der Waals surface area contributed by atoms with Crippen LogP contribution in [0.4, 0.5) is 0 Å². The van der Waals surface area contributed by atoms with Crippen LogP contribution in [0.2, 0.25) is 0 Å². The van der Waals surface area contributed by atoms with Crippen molar-refractivity contribution in [3.05, 3.63) is 17.0 Å². The summed E-state index contributed by atoms with van der Waals surface area (Å²) >= 11 is 0. The molecule has 3 heteroatoms. The van der Waals surface area contributed by atoms with Crippen molar-refractivity contribution in [3.63, 3.8) is 0 Å². The van der Waals surface area contributed by atoms with E-state index in [1.807, 2.05) is 6.92 Å². The minimum Gasteiger partial charge on any atom is -0.328 e. The minimum atomic E-state index is 0.197. The molecule has 1 aliphatic rings. The summed E-state index contributed by atoms with van der Waals surface area (Å²) in [4.78, 5) is 0. The van der Waals surface area contributed by atoms with Crippen LogP contribution in [0, 0.1) is 5.41 Å². The quantitative estimate of drug-likeness (QED) is 0.777. The second kappa shape index (κ2) is 3.63. The summed E-state index contributed by atoms with van der Waals surface area (Å²) in [5.41, 5.74) is 10.2. The minimum absolute atomic E-state index is 0.197. The van der Waals surface area contributed by atoms with Gasteiger partial charge in [-0.15, -0.1) is 0 Å². The molecule has 84 valence electrons. The Bertz CT molecular complexity index is 350. The highest BCUT2D eigenvalue weighted by Gasteiger charge is 2.28. The normalized spacial score (nSPS) is 21.1. The van der Waals surface area contributed by atoms with E-state index in [-0.39, 0.29) is 6.04 Å². The van der Waals surface area contributed by atoms with Crippen LogP contribution in [0.5, 0.6) is 0 Å². The third-order valence-electron chi connectivity index (χ3n) is 3.26. The standard InChI is InChI=1S/C12H21N3/c1-8(13)6-11-9-7-12(2,3)5-4-10(9)14-15-11/h8H,4-7,13H2,1-3H3,(H,14,15). The van der Waals surface area contributed by atoms with Crippen LogP contribution in [-0.4, -0.2) is 16.2 Å². The Labute approximate surface area is 91.4 Å². The predicted octanol–water partition coefficient (Wildman–Crippen LogP) is 1.81. The highest BCUT2D eigenvalue weighted by Crippen LogP contribution is 2.35. The average Bonchev–Trinajstić information content (AvgIpc) is 2.46. The van der Waals surface area contributed by atoms with Crippen molar-refractivity contribution in [2.45, 2.75) is 52.5 Å². The molecule has 0 aromatic carbocycles. The number of hydrogen-bond acceptors (Lipinski definition) is 2. The second-order valence-electron chi connectivity index (χ2n) is 5.65. The first-order valence-corrected chi connectivity index (χ1v) is 5.78. The van der Waals surface area contributed by atoms with Crippen molar-refractivity contribution in [1.29, 1.82) is 0 Å². The fourth-order valence-corrected chi connectivity index (χ4v) is 2.36. The number of nitrogens with one attached hydrogen (secondary N) is 1. The molecule has 0 aliphatic heterocycles. The number of aryl methyl sites for hydroxylation is 1. The Morgan fingerprint density at radius 2 is 2.27 bits per heavy atom. The van der Waals surface area contributed by atoms with Gasteiger partial charge in [-0.25, -0.2) is 0 Å². The Kier molecular flexibility index (Phi) is 2.59. The van der Waals surface area contributed by atoms with Gasteiger partial charge in [-0.3, -0.25) is 5.10 Å². The molecule has 3 N–H and O–H groups in total. The van der Waals surface area contributed by atoms with Gasteiger partial charge in [0.05, 0.1) is 5.69 Å². The average molecular weight is 207 g/mol. The molecule has 0 fully saturated rings. The summed E-state index contributed by atoms with van der Waals surface area (Å²) in [5, 5.41) is 7.56. The van der Waals surface area contributed by atoms with E-state index in [1.165, 1.54) is 23.4 Å². The largest absolute Gasteiger partial charge is 0.328 e. The highest BCUT2D eigenvalue weighted by molar-refractivity contribution is 5.29. The lowest BCUT2D eigenvalue weighted by Gasteiger charge is -2.29. The lowest BCUT2D eigenvalue weighted by Crippen LogP contribution is -2.24. The van der Waals surface area contributed by atoms with Gasteiger partial charge in [-0.05, 0) is 37.2 Å². The summed E-state index contributed by atoms with van der Waals surface area (Å²) in [6.07, 6.45) is 4.41. The monoisotopic (exact) mass is 207 g/mol. The van der Waals surface area contributed by atoms with Crippen LogP contribution >= 0.6 is 0 Å². The van der Waals surface area contributed by atoms with Gasteiger partial charge in [0.25, 0.3) is 0 Å². The second-order valence-corrected chi connectivity index (χ2v) is 5.65. The van der Waals surface area contributed by atoms with Gasteiger partial charge >= 0.3 is 0 Å². The molecule has 0 bridgehead atoms. The summed E-state index contributed by atoms with van der Waals surface area (Å²) in [7, 11) is 0. The molecule has 0 amide bonds. The summed E-state index contributed by atoms with van der Waals surface area (Å²) in [6.45, 7) is 6.70. The van der Waals surface area contributed by atoms with Gasteiger partial charge in [-0.2, -0.15) is 5.10 Å². The van der Waals surface area contributed by atoms with Crippen molar-refractivity contribution in [2.24, 2.45) is 11.1 Å². The lowest BCUT2D eigenvalue weighted by molar-refractivity contribution is 0.313. The fourth-order valence-electron chi connectivity index (χ4n) is 2.36. The molecule has 0 radical (unpaired) electrons. The fraction of sp³-hybridized carbons (Fsp3) is 0.750. The molecule has 1 unspecified atom stereocenters. The number of rotatable bonds is 2. The molecule has 15 heavy (non-hydrogen) atoms. The Balaban J connectivity index is 2.25. The van der Waals surface area contributed by atoms with Crippen LogP contribution in [0.15, 0.2) is 0 Å². The maximum atomic E-state index is 5.83. The summed E-state index contributed by atoms with van der Waals surface area (Å²) in [6, 6.07) is 0.197. The Hall–Kier alpha value is -0.830. The van der Waals surface area contributed by atoms with Crippen LogP contribution < -0.4 is 5.73 Å². The number of H-pyrrole nitrogens is 1. The Morgan fingerprint density at radius 3 is 2.93 bits per heavy atom. The molecule has 1 aromatic heterocycles. The lowest BCUT2D eigenvalue weighted by atomic mass is 9.75. The van der Waals surface area contributed by atoms with Gasteiger partial charge in [0.15, 0.2) is 0 Å². The zero-order chi connectivity index (χ0) is 11.1. The summed E-state index contributed by atoms with van der Waals surface area (Å²) < 4.78 is 0. The third kappa shape index (κ3) is 2.23. The van der Waals surface area contributed by atoms with Crippen LogP contribution in [0.1, 0.15) is 44.1 Å². The van der Waals surface area contributed by atoms with E-state index in [0.29, 0.717) is 5.41 Å². The van der Waals surface area contributed by atoms with Gasteiger partial charge < -0.3 is 5.73 Å². The van der Waals surface area contributed by atoms with Crippen molar-refractivity contribution in [1.82, 2.24) is 10.2 Å². The molecule has 0 saturated carbocycles. The Morgan fingerprint density at radius 1 is 1.53 bits per heavy atom. The van der Waals surface area contributed by atoms with E-state index in [2.05, 4.69) is 24.0 Å². The van der Waals surface area contributed by atoms with Crippen LogP contribution in [-0.2, 0) is 19.3 Å². The van der Waals surface area contributed by atoms with E-state index in [4.69, 9.17) is 5.73 Å². The molecular formula is C12H21N3. The van der Waals surface area contributed by atoms with Crippen LogP contribution in [0.25, 0.3) is 0 Å². The number of nitrogens with zero attached hydrogens (tertiary/aromatic N) is 1. The van der Waals surface area contributed by atoms with E-state index < -0.39 is 0 Å². The molecular weight excluding hydrogens is 186 g/mol. The van der Waals surface area contributed by atoms with E-state index >= 15 is 0 Å². The predicted molar refractivity (Wildman–Crippen MR) is 61.7 cm³/mol. The van der Waals surface area contributed by atoms with Gasteiger partial charge in [0.1, 0.15) is 0 Å². The third-order valence-corrected chi connectivity index (χ3v) is 3.26.